The lowest BCUT2D eigenvalue weighted by Crippen LogP contribution is -2.13. The van der Waals surface area contributed by atoms with Crippen LogP contribution in [0, 0.1) is 0 Å². The van der Waals surface area contributed by atoms with Crippen LogP contribution in [0.4, 0.5) is 11.1 Å². The second-order valence-corrected chi connectivity index (χ2v) is 6.13. The van der Waals surface area contributed by atoms with Gasteiger partial charge in [0.15, 0.2) is 5.13 Å². The molecule has 25 heavy (non-hydrogen) atoms. The molecule has 1 unspecified atom stereocenters. The number of hydrogen-bond donors (Lipinski definition) is 2. The van der Waals surface area contributed by atoms with E-state index in [9.17, 15) is 0 Å². The number of thiazole rings is 1. The molecule has 0 spiro atoms. The van der Waals surface area contributed by atoms with Gasteiger partial charge in [0, 0.05) is 5.38 Å². The van der Waals surface area contributed by atoms with Crippen LogP contribution in [0.1, 0.15) is 17.3 Å². The van der Waals surface area contributed by atoms with E-state index >= 15 is 0 Å². The molecular weight excluding hydrogens is 338 g/mol. The van der Waals surface area contributed by atoms with E-state index in [0.29, 0.717) is 22.8 Å². The van der Waals surface area contributed by atoms with E-state index in [0.717, 1.165) is 12.1 Å². The largest absolute Gasteiger partial charge is 0.481 e. The molecule has 0 bridgehead atoms. The first-order valence-corrected chi connectivity index (χ1v) is 8.55. The van der Waals surface area contributed by atoms with Gasteiger partial charge < -0.3 is 15.2 Å². The SMILES string of the molecule is COc1cc(OC)nc(Nc2nc(C(N)Cc3ccccc3)cs2)n1. The molecule has 1 atom stereocenters. The van der Waals surface area contributed by atoms with Crippen molar-refractivity contribution in [3.63, 3.8) is 0 Å². The summed E-state index contributed by atoms with van der Waals surface area (Å²) in [4.78, 5) is 13.0. The number of rotatable bonds is 7. The van der Waals surface area contributed by atoms with Crippen molar-refractivity contribution in [1.82, 2.24) is 15.0 Å². The molecule has 0 aliphatic rings. The van der Waals surface area contributed by atoms with Crippen molar-refractivity contribution in [1.29, 1.82) is 0 Å². The molecule has 0 aliphatic carbocycles. The Labute approximate surface area is 149 Å². The summed E-state index contributed by atoms with van der Waals surface area (Å²) in [5.74, 6) is 1.17. The van der Waals surface area contributed by atoms with Crippen LogP contribution in [0.5, 0.6) is 11.8 Å². The third-order valence-electron chi connectivity index (χ3n) is 3.52. The summed E-state index contributed by atoms with van der Waals surface area (Å²) in [6.45, 7) is 0. The van der Waals surface area contributed by atoms with E-state index in [1.54, 1.807) is 6.07 Å². The standard InChI is InChI=1S/C17H19N5O2S/c1-23-14-9-15(24-2)21-16(20-14)22-17-19-13(10-25-17)12(18)8-11-6-4-3-5-7-11/h3-7,9-10,12H,8,18H2,1-2H3,(H,19,20,21,22). The molecule has 3 rings (SSSR count). The van der Waals surface area contributed by atoms with Gasteiger partial charge in [-0.25, -0.2) is 4.98 Å². The van der Waals surface area contributed by atoms with E-state index in [4.69, 9.17) is 15.2 Å². The summed E-state index contributed by atoms with van der Waals surface area (Å²) >= 11 is 1.45. The highest BCUT2D eigenvalue weighted by atomic mass is 32.1. The van der Waals surface area contributed by atoms with E-state index in [1.807, 2.05) is 23.6 Å². The first kappa shape index (κ1) is 17.1. The summed E-state index contributed by atoms with van der Waals surface area (Å²) < 4.78 is 10.3. The van der Waals surface area contributed by atoms with Gasteiger partial charge in [-0.3, -0.25) is 5.32 Å². The summed E-state index contributed by atoms with van der Waals surface area (Å²) in [5, 5.41) is 5.66. The average Bonchev–Trinajstić information content (AvgIpc) is 3.10. The molecule has 3 N–H and O–H groups in total. The van der Waals surface area contributed by atoms with Crippen molar-refractivity contribution < 1.29 is 9.47 Å². The second-order valence-electron chi connectivity index (χ2n) is 5.28. The van der Waals surface area contributed by atoms with Crippen molar-refractivity contribution in [3.8, 4) is 11.8 Å². The minimum Gasteiger partial charge on any atom is -0.481 e. The Morgan fingerprint density at radius 3 is 2.40 bits per heavy atom. The van der Waals surface area contributed by atoms with Crippen molar-refractivity contribution in [2.45, 2.75) is 12.5 Å². The number of methoxy groups -OCH3 is 2. The van der Waals surface area contributed by atoms with Gasteiger partial charge in [-0.2, -0.15) is 9.97 Å². The number of nitrogens with one attached hydrogen (secondary N) is 1. The molecule has 3 aromatic rings. The lowest BCUT2D eigenvalue weighted by Gasteiger charge is -2.09. The van der Waals surface area contributed by atoms with Gasteiger partial charge >= 0.3 is 0 Å². The number of aromatic nitrogens is 3. The van der Waals surface area contributed by atoms with Crippen molar-refractivity contribution in [2.24, 2.45) is 5.73 Å². The number of nitrogens with two attached hydrogens (primary N) is 1. The predicted molar refractivity (Wildman–Crippen MR) is 97.6 cm³/mol. The summed E-state index contributed by atoms with van der Waals surface area (Å²) in [6.07, 6.45) is 0.730. The topological polar surface area (TPSA) is 95.2 Å². The zero-order valence-electron chi connectivity index (χ0n) is 14.0. The lowest BCUT2D eigenvalue weighted by atomic mass is 10.1. The highest BCUT2D eigenvalue weighted by molar-refractivity contribution is 7.13. The van der Waals surface area contributed by atoms with Gasteiger partial charge in [0.2, 0.25) is 17.7 Å². The number of benzene rings is 1. The number of hydrogen-bond acceptors (Lipinski definition) is 8. The third kappa shape index (κ3) is 4.43. The Hall–Kier alpha value is -2.71. The fourth-order valence-electron chi connectivity index (χ4n) is 2.25. The Balaban J connectivity index is 1.71. The molecule has 0 fully saturated rings. The molecule has 0 saturated carbocycles. The maximum atomic E-state index is 6.27. The predicted octanol–water partition coefficient (Wildman–Crippen LogP) is 2.94. The molecule has 2 heterocycles. The van der Waals surface area contributed by atoms with Gasteiger partial charge in [-0.1, -0.05) is 30.3 Å². The Kier molecular flexibility index (Phi) is 5.42. The van der Waals surface area contributed by atoms with Gasteiger partial charge in [-0.05, 0) is 12.0 Å². The molecule has 8 heteroatoms. The zero-order chi connectivity index (χ0) is 17.6. The van der Waals surface area contributed by atoms with Crippen LogP contribution in [0.25, 0.3) is 0 Å². The minimum atomic E-state index is -0.171. The number of ether oxygens (including phenoxy) is 2. The van der Waals surface area contributed by atoms with E-state index in [2.05, 4.69) is 32.4 Å². The fraction of sp³-hybridized carbons (Fsp3) is 0.235. The molecule has 2 aromatic heterocycles. The minimum absolute atomic E-state index is 0.171. The normalized spacial score (nSPS) is 11.8. The van der Waals surface area contributed by atoms with Crippen LogP contribution >= 0.6 is 11.3 Å². The van der Waals surface area contributed by atoms with Crippen LogP contribution in [0.15, 0.2) is 41.8 Å². The van der Waals surface area contributed by atoms with E-state index in [1.165, 1.54) is 31.1 Å². The van der Waals surface area contributed by atoms with Crippen LogP contribution in [-0.2, 0) is 6.42 Å². The van der Waals surface area contributed by atoms with Gasteiger partial charge in [0.1, 0.15) is 0 Å². The first-order valence-electron chi connectivity index (χ1n) is 7.67. The first-order chi connectivity index (χ1) is 12.2. The smallest absolute Gasteiger partial charge is 0.235 e. The highest BCUT2D eigenvalue weighted by Gasteiger charge is 2.13. The molecule has 130 valence electrons. The van der Waals surface area contributed by atoms with Crippen molar-refractivity contribution >= 4 is 22.4 Å². The molecule has 7 nitrogen and oxygen atoms in total. The number of nitrogens with zero attached hydrogens (tertiary/aromatic N) is 3. The highest BCUT2D eigenvalue weighted by Crippen LogP contribution is 2.25. The molecule has 0 aliphatic heterocycles. The Morgan fingerprint density at radius 2 is 1.76 bits per heavy atom. The average molecular weight is 357 g/mol. The number of anilines is 2. The molecule has 0 saturated heterocycles. The van der Waals surface area contributed by atoms with Crippen molar-refractivity contribution in [2.75, 3.05) is 19.5 Å². The molecule has 0 amide bonds. The Morgan fingerprint density at radius 1 is 1.08 bits per heavy atom. The van der Waals surface area contributed by atoms with Crippen LogP contribution in [0.2, 0.25) is 0 Å². The summed E-state index contributed by atoms with van der Waals surface area (Å²) in [6, 6.07) is 11.5. The van der Waals surface area contributed by atoms with Gasteiger partial charge in [0.25, 0.3) is 0 Å². The van der Waals surface area contributed by atoms with Gasteiger partial charge in [0.05, 0.1) is 32.0 Å². The van der Waals surface area contributed by atoms with Crippen molar-refractivity contribution in [3.05, 3.63) is 53.0 Å². The second kappa shape index (κ2) is 7.91. The van der Waals surface area contributed by atoms with Gasteiger partial charge in [-0.15, -0.1) is 11.3 Å². The maximum absolute atomic E-state index is 6.27. The van der Waals surface area contributed by atoms with Crippen LogP contribution in [-0.4, -0.2) is 29.2 Å². The Bertz CT molecular complexity index is 803. The monoisotopic (exact) mass is 357 g/mol. The summed E-state index contributed by atoms with van der Waals surface area (Å²) in [7, 11) is 3.07. The zero-order valence-corrected chi connectivity index (χ0v) is 14.8. The van der Waals surface area contributed by atoms with E-state index in [-0.39, 0.29) is 6.04 Å². The lowest BCUT2D eigenvalue weighted by molar-refractivity contribution is 0.373. The quantitative estimate of drug-likeness (QED) is 0.671. The summed E-state index contributed by atoms with van der Waals surface area (Å²) in [5.41, 5.74) is 8.27. The van der Waals surface area contributed by atoms with Crippen LogP contribution in [0.3, 0.4) is 0 Å². The maximum Gasteiger partial charge on any atom is 0.235 e. The van der Waals surface area contributed by atoms with Crippen LogP contribution < -0.4 is 20.5 Å². The molecule has 0 radical (unpaired) electrons. The molecule has 1 aromatic carbocycles. The third-order valence-corrected chi connectivity index (χ3v) is 4.29. The van der Waals surface area contributed by atoms with E-state index < -0.39 is 0 Å². The fourth-order valence-corrected chi connectivity index (χ4v) is 3.02. The molecular formula is C17H19N5O2S.